The first-order chi connectivity index (χ1) is 14.8. The van der Waals surface area contributed by atoms with E-state index in [1.807, 2.05) is 38.1 Å². The summed E-state index contributed by atoms with van der Waals surface area (Å²) in [5.74, 6) is -0.238. The molecule has 0 spiro atoms. The second kappa shape index (κ2) is 9.93. The molecular weight excluding hydrogens is 416 g/mol. The summed E-state index contributed by atoms with van der Waals surface area (Å²) >= 11 is 0. The van der Waals surface area contributed by atoms with Crippen LogP contribution in [0.2, 0.25) is 0 Å². The van der Waals surface area contributed by atoms with Gasteiger partial charge in [0.15, 0.2) is 0 Å². The van der Waals surface area contributed by atoms with E-state index in [-0.39, 0.29) is 43.5 Å². The maximum absolute atomic E-state index is 12.8. The summed E-state index contributed by atoms with van der Waals surface area (Å²) in [6, 6.07) is 14.1. The Balaban J connectivity index is 1.43. The van der Waals surface area contributed by atoms with Gasteiger partial charge in [-0.1, -0.05) is 47.5 Å². The predicted octanol–water partition coefficient (Wildman–Crippen LogP) is 1.64. The lowest BCUT2D eigenvalue weighted by molar-refractivity contribution is -0.131. The van der Waals surface area contributed by atoms with Crippen LogP contribution in [0, 0.1) is 13.8 Å². The number of sulfonamides is 1. The summed E-state index contributed by atoms with van der Waals surface area (Å²) in [4.78, 5) is 26.2. The lowest BCUT2D eigenvalue weighted by atomic mass is 10.1. The van der Waals surface area contributed by atoms with Gasteiger partial charge in [-0.3, -0.25) is 4.79 Å². The molecule has 2 aromatic carbocycles. The van der Waals surface area contributed by atoms with Crippen molar-refractivity contribution in [3.63, 3.8) is 0 Å². The number of hydrogen-bond donors (Lipinski definition) is 2. The molecular formula is C22H28N4O4S. The van der Waals surface area contributed by atoms with Crippen molar-refractivity contribution in [2.75, 3.05) is 32.7 Å². The first kappa shape index (κ1) is 22.8. The summed E-state index contributed by atoms with van der Waals surface area (Å²) in [5.41, 5.74) is 3.10. The predicted molar refractivity (Wildman–Crippen MR) is 118 cm³/mol. The largest absolute Gasteiger partial charge is 0.339 e. The van der Waals surface area contributed by atoms with Crippen molar-refractivity contribution in [3.05, 3.63) is 65.2 Å². The van der Waals surface area contributed by atoms with Crippen molar-refractivity contribution in [3.8, 4) is 0 Å². The molecule has 0 unspecified atom stereocenters. The summed E-state index contributed by atoms with van der Waals surface area (Å²) < 4.78 is 26.9. The molecule has 1 aliphatic heterocycles. The average molecular weight is 445 g/mol. The Morgan fingerprint density at radius 1 is 0.839 bits per heavy atom. The second-order valence-corrected chi connectivity index (χ2v) is 9.56. The number of piperazine rings is 1. The molecule has 31 heavy (non-hydrogen) atoms. The molecule has 0 radical (unpaired) electrons. The van der Waals surface area contributed by atoms with Gasteiger partial charge in [0.05, 0.1) is 11.4 Å². The zero-order chi connectivity index (χ0) is 22.4. The van der Waals surface area contributed by atoms with Crippen LogP contribution in [0.15, 0.2) is 53.4 Å². The van der Waals surface area contributed by atoms with Crippen LogP contribution in [0.25, 0.3) is 0 Å². The maximum Gasteiger partial charge on any atom is 0.315 e. The summed E-state index contributed by atoms with van der Waals surface area (Å²) in [5, 5.41) is 5.28. The topological polar surface area (TPSA) is 98.8 Å². The molecule has 0 aliphatic carbocycles. The quantitative estimate of drug-likeness (QED) is 0.708. The van der Waals surface area contributed by atoms with Crippen LogP contribution >= 0.6 is 0 Å². The van der Waals surface area contributed by atoms with E-state index in [9.17, 15) is 18.0 Å². The van der Waals surface area contributed by atoms with Crippen molar-refractivity contribution in [1.29, 1.82) is 0 Å². The molecule has 1 fully saturated rings. The van der Waals surface area contributed by atoms with Gasteiger partial charge in [-0.15, -0.1) is 0 Å². The van der Waals surface area contributed by atoms with Crippen LogP contribution < -0.4 is 10.6 Å². The third-order valence-electron chi connectivity index (χ3n) is 5.22. The van der Waals surface area contributed by atoms with Gasteiger partial charge in [-0.05, 0) is 31.5 Å². The highest BCUT2D eigenvalue weighted by molar-refractivity contribution is 7.89. The van der Waals surface area contributed by atoms with Crippen molar-refractivity contribution in [1.82, 2.24) is 19.8 Å². The van der Waals surface area contributed by atoms with Gasteiger partial charge in [0.2, 0.25) is 15.9 Å². The standard InChI is InChI=1S/C22H28N4O4S/c1-17-3-7-19(8-4-17)15-23-22(28)24-16-21(27)25-11-13-26(14-12-25)31(29,30)20-9-5-18(2)6-10-20/h3-10H,11-16H2,1-2H3,(H2,23,24,28). The summed E-state index contributed by atoms with van der Waals surface area (Å²) in [6.07, 6.45) is 0. The van der Waals surface area contributed by atoms with E-state index in [1.54, 1.807) is 29.2 Å². The Hall–Kier alpha value is -2.91. The van der Waals surface area contributed by atoms with E-state index >= 15 is 0 Å². The third-order valence-corrected chi connectivity index (χ3v) is 7.14. The number of carbonyl (C=O) groups excluding carboxylic acids is 2. The molecule has 0 saturated carbocycles. The van der Waals surface area contributed by atoms with Crippen LogP contribution in [0.3, 0.4) is 0 Å². The smallest absolute Gasteiger partial charge is 0.315 e. The number of hydrogen-bond acceptors (Lipinski definition) is 4. The number of carbonyl (C=O) groups is 2. The van der Waals surface area contributed by atoms with E-state index in [4.69, 9.17) is 0 Å². The Morgan fingerprint density at radius 3 is 1.97 bits per heavy atom. The molecule has 0 aromatic heterocycles. The highest BCUT2D eigenvalue weighted by Gasteiger charge is 2.30. The van der Waals surface area contributed by atoms with E-state index in [0.29, 0.717) is 6.54 Å². The Labute approximate surface area is 183 Å². The molecule has 9 heteroatoms. The Kier molecular flexibility index (Phi) is 7.29. The van der Waals surface area contributed by atoms with Crippen LogP contribution in [0.1, 0.15) is 16.7 Å². The number of nitrogens with one attached hydrogen (secondary N) is 2. The first-order valence-corrected chi connectivity index (χ1v) is 11.6. The van der Waals surface area contributed by atoms with Crippen LogP contribution in [0.4, 0.5) is 4.79 Å². The van der Waals surface area contributed by atoms with E-state index in [1.165, 1.54) is 4.31 Å². The lowest BCUT2D eigenvalue weighted by Gasteiger charge is -2.34. The van der Waals surface area contributed by atoms with Crippen LogP contribution in [-0.2, 0) is 21.4 Å². The summed E-state index contributed by atoms with van der Waals surface area (Å²) in [6.45, 7) is 5.15. The van der Waals surface area contributed by atoms with E-state index in [2.05, 4.69) is 10.6 Å². The van der Waals surface area contributed by atoms with Crippen LogP contribution in [0.5, 0.6) is 0 Å². The zero-order valence-corrected chi connectivity index (χ0v) is 18.6. The number of aryl methyl sites for hydroxylation is 2. The molecule has 3 amide bonds. The molecule has 0 bridgehead atoms. The molecule has 1 aliphatic rings. The number of benzene rings is 2. The second-order valence-electron chi connectivity index (χ2n) is 7.62. The van der Waals surface area contributed by atoms with Crippen molar-refractivity contribution >= 4 is 22.0 Å². The normalized spacial score (nSPS) is 14.8. The zero-order valence-electron chi connectivity index (χ0n) is 17.8. The highest BCUT2D eigenvalue weighted by atomic mass is 32.2. The van der Waals surface area contributed by atoms with E-state index in [0.717, 1.165) is 16.7 Å². The van der Waals surface area contributed by atoms with Gasteiger partial charge >= 0.3 is 6.03 Å². The van der Waals surface area contributed by atoms with Gasteiger partial charge in [0.25, 0.3) is 0 Å². The molecule has 2 N–H and O–H groups in total. The fraction of sp³-hybridized carbons (Fsp3) is 0.364. The molecule has 1 heterocycles. The van der Waals surface area contributed by atoms with Gasteiger partial charge in [-0.25, -0.2) is 13.2 Å². The minimum atomic E-state index is -3.57. The number of amides is 3. The van der Waals surface area contributed by atoms with Crippen molar-refractivity contribution in [2.24, 2.45) is 0 Å². The fourth-order valence-corrected chi connectivity index (χ4v) is 4.68. The SMILES string of the molecule is Cc1ccc(CNC(=O)NCC(=O)N2CCN(S(=O)(=O)c3ccc(C)cc3)CC2)cc1. The molecule has 2 aromatic rings. The number of urea groups is 1. The Bertz CT molecular complexity index is 1010. The maximum atomic E-state index is 12.8. The average Bonchev–Trinajstić information content (AvgIpc) is 2.77. The monoisotopic (exact) mass is 444 g/mol. The molecule has 8 nitrogen and oxygen atoms in total. The highest BCUT2D eigenvalue weighted by Crippen LogP contribution is 2.18. The van der Waals surface area contributed by atoms with Gasteiger partial charge in [0, 0.05) is 32.7 Å². The van der Waals surface area contributed by atoms with Gasteiger partial charge in [-0.2, -0.15) is 4.31 Å². The van der Waals surface area contributed by atoms with Gasteiger partial charge < -0.3 is 15.5 Å². The summed E-state index contributed by atoms with van der Waals surface area (Å²) in [7, 11) is -3.57. The van der Waals surface area contributed by atoms with Gasteiger partial charge in [0.1, 0.15) is 0 Å². The van der Waals surface area contributed by atoms with Crippen LogP contribution in [-0.4, -0.2) is 62.3 Å². The molecule has 166 valence electrons. The minimum Gasteiger partial charge on any atom is -0.339 e. The molecule has 3 rings (SSSR count). The molecule has 0 atom stereocenters. The number of rotatable bonds is 6. The van der Waals surface area contributed by atoms with Crippen molar-refractivity contribution in [2.45, 2.75) is 25.3 Å². The third kappa shape index (κ3) is 6.05. The first-order valence-electron chi connectivity index (χ1n) is 10.2. The van der Waals surface area contributed by atoms with E-state index < -0.39 is 16.1 Å². The minimum absolute atomic E-state index is 0.134. The number of nitrogens with zero attached hydrogens (tertiary/aromatic N) is 2. The lowest BCUT2D eigenvalue weighted by Crippen LogP contribution is -2.53. The van der Waals surface area contributed by atoms with Crippen molar-refractivity contribution < 1.29 is 18.0 Å². The fourth-order valence-electron chi connectivity index (χ4n) is 3.26. The Morgan fingerprint density at radius 2 is 1.39 bits per heavy atom. The molecule has 1 saturated heterocycles.